The first kappa shape index (κ1) is 15.0. The van der Waals surface area contributed by atoms with Crippen LogP contribution in [0.15, 0.2) is 36.5 Å². The number of rotatable bonds is 4. The SMILES string of the molecule is Cc1ccc(CN[C@@H]2CCCN(c3cccnn3)C2)cc1C. The fourth-order valence-electron chi connectivity index (χ4n) is 2.99. The third-order valence-corrected chi connectivity index (χ3v) is 4.47. The number of nitrogens with one attached hydrogen (secondary N) is 1. The Bertz CT molecular complexity index is 612. The van der Waals surface area contributed by atoms with Crippen LogP contribution in [0.25, 0.3) is 0 Å². The number of hydrogen-bond acceptors (Lipinski definition) is 4. The zero-order valence-corrected chi connectivity index (χ0v) is 13.4. The maximum absolute atomic E-state index is 4.22. The fourth-order valence-corrected chi connectivity index (χ4v) is 2.99. The second-order valence-corrected chi connectivity index (χ2v) is 6.17. The van der Waals surface area contributed by atoms with Crippen LogP contribution in [0.1, 0.15) is 29.5 Å². The van der Waals surface area contributed by atoms with Crippen LogP contribution in [-0.2, 0) is 6.54 Å². The summed E-state index contributed by atoms with van der Waals surface area (Å²) in [6.07, 6.45) is 4.14. The van der Waals surface area contributed by atoms with Gasteiger partial charge in [0, 0.05) is 31.9 Å². The van der Waals surface area contributed by atoms with Crippen LogP contribution in [0.5, 0.6) is 0 Å². The Morgan fingerprint density at radius 1 is 1.23 bits per heavy atom. The molecule has 0 radical (unpaired) electrons. The molecule has 1 atom stereocenters. The number of benzene rings is 1. The van der Waals surface area contributed by atoms with Gasteiger partial charge in [0.2, 0.25) is 0 Å². The molecule has 2 heterocycles. The smallest absolute Gasteiger partial charge is 0.151 e. The van der Waals surface area contributed by atoms with Gasteiger partial charge in [-0.15, -0.1) is 5.10 Å². The van der Waals surface area contributed by atoms with Crippen LogP contribution in [-0.4, -0.2) is 29.3 Å². The highest BCUT2D eigenvalue weighted by molar-refractivity contribution is 5.37. The quantitative estimate of drug-likeness (QED) is 0.942. The molecule has 0 bridgehead atoms. The van der Waals surface area contributed by atoms with Crippen molar-refractivity contribution in [3.8, 4) is 0 Å². The zero-order chi connectivity index (χ0) is 15.4. The molecule has 0 unspecified atom stereocenters. The molecule has 0 saturated carbocycles. The molecule has 1 aliphatic heterocycles. The summed E-state index contributed by atoms with van der Waals surface area (Å²) in [6, 6.07) is 11.2. The first-order chi connectivity index (χ1) is 10.7. The van der Waals surface area contributed by atoms with Crippen LogP contribution >= 0.6 is 0 Å². The van der Waals surface area contributed by atoms with E-state index in [0.29, 0.717) is 6.04 Å². The molecule has 3 rings (SSSR count). The summed E-state index contributed by atoms with van der Waals surface area (Å²) in [7, 11) is 0. The van der Waals surface area contributed by atoms with Crippen LogP contribution in [0, 0.1) is 13.8 Å². The number of hydrogen-bond donors (Lipinski definition) is 1. The Kier molecular flexibility index (Phi) is 4.68. The number of nitrogens with zero attached hydrogens (tertiary/aromatic N) is 3. The second kappa shape index (κ2) is 6.88. The van der Waals surface area contributed by atoms with Gasteiger partial charge in [0.1, 0.15) is 0 Å². The molecule has 0 amide bonds. The Morgan fingerprint density at radius 2 is 2.14 bits per heavy atom. The lowest BCUT2D eigenvalue weighted by Crippen LogP contribution is -2.45. The van der Waals surface area contributed by atoms with Crippen molar-refractivity contribution >= 4 is 5.82 Å². The highest BCUT2D eigenvalue weighted by atomic mass is 15.3. The first-order valence-corrected chi connectivity index (χ1v) is 8.04. The van der Waals surface area contributed by atoms with Crippen molar-refractivity contribution in [2.45, 2.75) is 39.3 Å². The molecule has 0 aliphatic carbocycles. The van der Waals surface area contributed by atoms with Crippen molar-refractivity contribution in [2.24, 2.45) is 0 Å². The maximum atomic E-state index is 4.22. The van der Waals surface area contributed by atoms with E-state index >= 15 is 0 Å². The average Bonchev–Trinajstić information content (AvgIpc) is 2.57. The highest BCUT2D eigenvalue weighted by Gasteiger charge is 2.20. The molecule has 116 valence electrons. The summed E-state index contributed by atoms with van der Waals surface area (Å²) < 4.78 is 0. The Balaban J connectivity index is 1.57. The van der Waals surface area contributed by atoms with E-state index < -0.39 is 0 Å². The summed E-state index contributed by atoms with van der Waals surface area (Å²) in [5, 5.41) is 11.9. The standard InChI is InChI=1S/C18H24N4/c1-14-7-8-16(11-15(14)2)12-19-17-5-4-10-22(13-17)18-6-3-9-20-21-18/h3,6-9,11,17,19H,4-5,10,12-13H2,1-2H3/t17-/m1/s1. The van der Waals surface area contributed by atoms with E-state index in [-0.39, 0.29) is 0 Å². The van der Waals surface area contributed by atoms with Gasteiger partial charge >= 0.3 is 0 Å². The lowest BCUT2D eigenvalue weighted by Gasteiger charge is -2.33. The summed E-state index contributed by atoms with van der Waals surface area (Å²) in [5.74, 6) is 0.986. The summed E-state index contributed by atoms with van der Waals surface area (Å²) in [4.78, 5) is 2.33. The zero-order valence-electron chi connectivity index (χ0n) is 13.4. The predicted molar refractivity (Wildman–Crippen MR) is 90.0 cm³/mol. The monoisotopic (exact) mass is 296 g/mol. The minimum atomic E-state index is 0.511. The van der Waals surface area contributed by atoms with Gasteiger partial charge in [-0.1, -0.05) is 18.2 Å². The van der Waals surface area contributed by atoms with Crippen molar-refractivity contribution in [3.05, 3.63) is 53.2 Å². The predicted octanol–water partition coefficient (Wildman–Crippen LogP) is 2.85. The lowest BCUT2D eigenvalue weighted by molar-refractivity contribution is 0.419. The van der Waals surface area contributed by atoms with Crippen molar-refractivity contribution in [1.82, 2.24) is 15.5 Å². The number of piperidine rings is 1. The van der Waals surface area contributed by atoms with Crippen molar-refractivity contribution in [2.75, 3.05) is 18.0 Å². The van der Waals surface area contributed by atoms with Gasteiger partial charge in [-0.3, -0.25) is 0 Å². The Hall–Kier alpha value is -1.94. The van der Waals surface area contributed by atoms with Gasteiger partial charge < -0.3 is 10.2 Å². The molecule has 1 fully saturated rings. The van der Waals surface area contributed by atoms with Gasteiger partial charge in [-0.05, 0) is 55.5 Å². The molecule has 1 aromatic carbocycles. The van der Waals surface area contributed by atoms with Gasteiger partial charge in [-0.2, -0.15) is 5.10 Å². The van der Waals surface area contributed by atoms with Gasteiger partial charge in [0.25, 0.3) is 0 Å². The molecule has 2 aromatic rings. The third kappa shape index (κ3) is 3.63. The van der Waals surface area contributed by atoms with E-state index in [0.717, 1.165) is 25.5 Å². The van der Waals surface area contributed by atoms with E-state index in [1.807, 2.05) is 12.1 Å². The van der Waals surface area contributed by atoms with E-state index in [9.17, 15) is 0 Å². The summed E-state index contributed by atoms with van der Waals surface area (Å²) in [5.41, 5.74) is 4.08. The molecule has 1 aliphatic rings. The van der Waals surface area contributed by atoms with Gasteiger partial charge in [-0.25, -0.2) is 0 Å². The fraction of sp³-hybridized carbons (Fsp3) is 0.444. The van der Waals surface area contributed by atoms with E-state index in [1.165, 1.54) is 29.5 Å². The van der Waals surface area contributed by atoms with Crippen LogP contribution < -0.4 is 10.2 Å². The van der Waals surface area contributed by atoms with Crippen LogP contribution in [0.4, 0.5) is 5.82 Å². The molecule has 1 N–H and O–H groups in total. The van der Waals surface area contributed by atoms with E-state index in [1.54, 1.807) is 6.20 Å². The molecule has 22 heavy (non-hydrogen) atoms. The van der Waals surface area contributed by atoms with E-state index in [2.05, 4.69) is 52.5 Å². The number of aromatic nitrogens is 2. The average molecular weight is 296 g/mol. The van der Waals surface area contributed by atoms with Crippen LogP contribution in [0.3, 0.4) is 0 Å². The minimum absolute atomic E-state index is 0.511. The number of anilines is 1. The van der Waals surface area contributed by atoms with Crippen molar-refractivity contribution in [3.63, 3.8) is 0 Å². The summed E-state index contributed by atoms with van der Waals surface area (Å²) in [6.45, 7) is 7.34. The topological polar surface area (TPSA) is 41.0 Å². The molecule has 1 saturated heterocycles. The highest BCUT2D eigenvalue weighted by Crippen LogP contribution is 2.17. The van der Waals surface area contributed by atoms with Crippen molar-refractivity contribution in [1.29, 1.82) is 0 Å². The number of aryl methyl sites for hydroxylation is 2. The van der Waals surface area contributed by atoms with Gasteiger partial charge in [0.05, 0.1) is 0 Å². The molecular formula is C18H24N4. The Morgan fingerprint density at radius 3 is 2.91 bits per heavy atom. The summed E-state index contributed by atoms with van der Waals surface area (Å²) >= 11 is 0. The minimum Gasteiger partial charge on any atom is -0.354 e. The lowest BCUT2D eigenvalue weighted by atomic mass is 10.0. The second-order valence-electron chi connectivity index (χ2n) is 6.17. The van der Waals surface area contributed by atoms with Crippen molar-refractivity contribution < 1.29 is 0 Å². The van der Waals surface area contributed by atoms with Crippen LogP contribution in [0.2, 0.25) is 0 Å². The molecule has 4 nitrogen and oxygen atoms in total. The molecule has 1 aromatic heterocycles. The third-order valence-electron chi connectivity index (χ3n) is 4.47. The van der Waals surface area contributed by atoms with E-state index in [4.69, 9.17) is 0 Å². The Labute approximate surface area is 132 Å². The largest absolute Gasteiger partial charge is 0.354 e. The molecular weight excluding hydrogens is 272 g/mol. The van der Waals surface area contributed by atoms with Gasteiger partial charge in [0.15, 0.2) is 5.82 Å². The maximum Gasteiger partial charge on any atom is 0.151 e. The molecule has 4 heteroatoms. The normalized spacial score (nSPS) is 18.5. The first-order valence-electron chi connectivity index (χ1n) is 8.04. The molecule has 0 spiro atoms.